The second-order valence-corrected chi connectivity index (χ2v) is 1.89. The lowest BCUT2D eigenvalue weighted by atomic mass is 10.6. The maximum Gasteiger partial charge on any atom is 0.0259 e. The number of hydrogen-bond donors (Lipinski definition) is 1. The molecule has 0 aliphatic carbocycles. The predicted octanol–water partition coefficient (Wildman–Crippen LogP) is -0.386. The van der Waals surface area contributed by atoms with E-state index in [1.54, 1.807) is 5.12 Å². The van der Waals surface area contributed by atoms with E-state index in [0.717, 1.165) is 19.6 Å². The maximum absolute atomic E-state index is 5.60. The van der Waals surface area contributed by atoms with Crippen LogP contribution in [0.5, 0.6) is 0 Å². The maximum atomic E-state index is 5.60. The summed E-state index contributed by atoms with van der Waals surface area (Å²) in [6, 6.07) is 0. The molecule has 0 rings (SSSR count). The fraction of sp³-hybridized carbons (Fsp3) is 1.00. The Kier molecular flexibility index (Phi) is 8.70. The molecule has 0 aromatic carbocycles. The van der Waals surface area contributed by atoms with Crippen molar-refractivity contribution in [1.29, 1.82) is 0 Å². The van der Waals surface area contributed by atoms with Gasteiger partial charge >= 0.3 is 0 Å². The lowest BCUT2D eigenvalue weighted by Crippen LogP contribution is -2.46. The Morgan fingerprint density at radius 2 is 1.40 bits per heavy atom. The minimum absolute atomic E-state index is 0. The summed E-state index contributed by atoms with van der Waals surface area (Å²) in [7, 11) is 0. The zero-order valence-electron chi connectivity index (χ0n) is 7.09. The molecule has 4 heteroatoms. The first-order chi connectivity index (χ1) is 4.26. The molecule has 0 atom stereocenters. The zero-order valence-corrected chi connectivity index (χ0v) is 7.09. The zero-order chi connectivity index (χ0) is 7.28. The Morgan fingerprint density at radius 1 is 1.00 bits per heavy atom. The van der Waals surface area contributed by atoms with E-state index in [1.807, 2.05) is 6.92 Å². The summed E-state index contributed by atoms with van der Waals surface area (Å²) in [5.41, 5.74) is 0. The molecule has 0 aromatic rings. The Bertz CT molecular complexity index is 66.0. The molecule has 0 aliphatic rings. The van der Waals surface area contributed by atoms with Crippen molar-refractivity contribution >= 4 is 0 Å². The number of rotatable bonds is 4. The molecule has 0 saturated heterocycles. The van der Waals surface area contributed by atoms with E-state index in [0.29, 0.717) is 0 Å². The van der Waals surface area contributed by atoms with Gasteiger partial charge in [-0.15, -0.1) is 0 Å². The standard InChI is InChI=1S/C6H17N3.H2O/c1-4-8(5-2)9(7)6-3;/h4-7H2,1-3H3;1H2. The van der Waals surface area contributed by atoms with E-state index in [2.05, 4.69) is 18.9 Å². The molecule has 0 heterocycles. The largest absolute Gasteiger partial charge is 0.412 e. The second kappa shape index (κ2) is 6.95. The van der Waals surface area contributed by atoms with Crippen molar-refractivity contribution in [2.24, 2.45) is 5.84 Å². The first-order valence-corrected chi connectivity index (χ1v) is 3.53. The SMILES string of the molecule is CCN(N)N(CC)CC.O. The van der Waals surface area contributed by atoms with Gasteiger partial charge in [-0.3, -0.25) is 5.84 Å². The van der Waals surface area contributed by atoms with Crippen LogP contribution in [0.2, 0.25) is 0 Å². The number of nitrogens with zero attached hydrogens (tertiary/aromatic N) is 2. The lowest BCUT2D eigenvalue weighted by molar-refractivity contribution is -0.0127. The fourth-order valence-corrected chi connectivity index (χ4v) is 0.787. The molecule has 0 unspecified atom stereocenters. The summed E-state index contributed by atoms with van der Waals surface area (Å²) in [6.45, 7) is 9.08. The molecule has 0 bridgehead atoms. The predicted molar refractivity (Wildman–Crippen MR) is 43.1 cm³/mol. The summed E-state index contributed by atoms with van der Waals surface area (Å²) in [5.74, 6) is 5.60. The molecule has 0 spiro atoms. The molecule has 0 aliphatic heterocycles. The van der Waals surface area contributed by atoms with Crippen molar-refractivity contribution in [1.82, 2.24) is 10.1 Å². The summed E-state index contributed by atoms with van der Waals surface area (Å²) >= 11 is 0. The topological polar surface area (TPSA) is 64.0 Å². The second-order valence-electron chi connectivity index (χ2n) is 1.89. The van der Waals surface area contributed by atoms with Crippen LogP contribution in [0.15, 0.2) is 0 Å². The quantitative estimate of drug-likeness (QED) is 0.437. The Morgan fingerprint density at radius 3 is 1.50 bits per heavy atom. The summed E-state index contributed by atoms with van der Waals surface area (Å²) in [6.07, 6.45) is 0. The van der Waals surface area contributed by atoms with E-state index < -0.39 is 0 Å². The normalized spacial score (nSPS) is 10.2. The number of hydrogen-bond acceptors (Lipinski definition) is 3. The Balaban J connectivity index is 0. The molecule has 64 valence electrons. The van der Waals surface area contributed by atoms with E-state index >= 15 is 0 Å². The van der Waals surface area contributed by atoms with Gasteiger partial charge in [0, 0.05) is 19.6 Å². The fourth-order valence-electron chi connectivity index (χ4n) is 0.787. The smallest absolute Gasteiger partial charge is 0.0259 e. The molecule has 0 radical (unpaired) electrons. The van der Waals surface area contributed by atoms with Crippen LogP contribution in [0.25, 0.3) is 0 Å². The highest BCUT2D eigenvalue weighted by Gasteiger charge is 2.02. The minimum Gasteiger partial charge on any atom is -0.412 e. The molecule has 10 heavy (non-hydrogen) atoms. The van der Waals surface area contributed by atoms with Crippen molar-refractivity contribution in [3.8, 4) is 0 Å². The monoisotopic (exact) mass is 149 g/mol. The van der Waals surface area contributed by atoms with E-state index in [1.165, 1.54) is 0 Å². The molecule has 0 saturated carbocycles. The molecule has 0 aromatic heterocycles. The third-order valence-corrected chi connectivity index (χ3v) is 1.42. The van der Waals surface area contributed by atoms with Crippen molar-refractivity contribution in [3.63, 3.8) is 0 Å². The van der Waals surface area contributed by atoms with Gasteiger partial charge in [0.2, 0.25) is 0 Å². The van der Waals surface area contributed by atoms with Gasteiger partial charge in [-0.2, -0.15) is 5.12 Å². The van der Waals surface area contributed by atoms with Crippen LogP contribution in [0.4, 0.5) is 0 Å². The van der Waals surface area contributed by atoms with E-state index in [9.17, 15) is 0 Å². The highest BCUT2D eigenvalue weighted by Crippen LogP contribution is 1.88. The van der Waals surface area contributed by atoms with Crippen LogP contribution in [-0.2, 0) is 0 Å². The molecular formula is C6H19N3O. The van der Waals surface area contributed by atoms with Gasteiger partial charge in [0.15, 0.2) is 0 Å². The summed E-state index contributed by atoms with van der Waals surface area (Å²) < 4.78 is 0. The van der Waals surface area contributed by atoms with Gasteiger partial charge in [-0.05, 0) is 6.92 Å². The lowest BCUT2D eigenvalue weighted by Gasteiger charge is -2.27. The third kappa shape index (κ3) is 3.79. The highest BCUT2D eigenvalue weighted by molar-refractivity contribution is 4.42. The van der Waals surface area contributed by atoms with Gasteiger partial charge in [-0.25, -0.2) is 5.01 Å². The summed E-state index contributed by atoms with van der Waals surface area (Å²) in [4.78, 5) is 0. The van der Waals surface area contributed by atoms with Crippen LogP contribution in [0.1, 0.15) is 20.8 Å². The van der Waals surface area contributed by atoms with Crippen LogP contribution in [0, 0.1) is 0 Å². The van der Waals surface area contributed by atoms with E-state index in [4.69, 9.17) is 5.84 Å². The van der Waals surface area contributed by atoms with Gasteiger partial charge in [0.25, 0.3) is 0 Å². The first kappa shape index (κ1) is 12.5. The van der Waals surface area contributed by atoms with Gasteiger partial charge in [-0.1, -0.05) is 13.8 Å². The van der Waals surface area contributed by atoms with Crippen LogP contribution in [0.3, 0.4) is 0 Å². The molecule has 4 nitrogen and oxygen atoms in total. The molecule has 0 amide bonds. The Hall–Kier alpha value is -0.160. The highest BCUT2D eigenvalue weighted by atomic mass is 16.0. The third-order valence-electron chi connectivity index (χ3n) is 1.42. The van der Waals surface area contributed by atoms with Gasteiger partial charge < -0.3 is 5.48 Å². The average molecular weight is 149 g/mol. The first-order valence-electron chi connectivity index (χ1n) is 3.53. The van der Waals surface area contributed by atoms with Crippen molar-refractivity contribution in [3.05, 3.63) is 0 Å². The molecule has 4 N–H and O–H groups in total. The Labute approximate surface area is 62.8 Å². The number of hydrazine groups is 2. The molecule has 0 fully saturated rings. The average Bonchev–Trinajstić information content (AvgIpc) is 1.90. The summed E-state index contributed by atoms with van der Waals surface area (Å²) in [5, 5.41) is 3.82. The van der Waals surface area contributed by atoms with Crippen molar-refractivity contribution < 1.29 is 5.48 Å². The van der Waals surface area contributed by atoms with Crippen LogP contribution < -0.4 is 5.84 Å². The molecular weight excluding hydrogens is 130 g/mol. The van der Waals surface area contributed by atoms with Crippen LogP contribution in [-0.4, -0.2) is 35.2 Å². The van der Waals surface area contributed by atoms with Gasteiger partial charge in [0.05, 0.1) is 0 Å². The van der Waals surface area contributed by atoms with Crippen molar-refractivity contribution in [2.45, 2.75) is 20.8 Å². The minimum atomic E-state index is 0. The van der Waals surface area contributed by atoms with E-state index in [-0.39, 0.29) is 5.48 Å². The number of nitrogens with two attached hydrogens (primary N) is 1. The van der Waals surface area contributed by atoms with Gasteiger partial charge in [0.1, 0.15) is 0 Å². The van der Waals surface area contributed by atoms with Crippen LogP contribution >= 0.6 is 0 Å². The van der Waals surface area contributed by atoms with Crippen molar-refractivity contribution in [2.75, 3.05) is 19.6 Å².